The Morgan fingerprint density at radius 2 is 1.69 bits per heavy atom. The molecule has 1 aliphatic rings. The molecule has 3 aromatic rings. The number of fused-ring (bicyclic) bond motifs is 1. The zero-order valence-corrected chi connectivity index (χ0v) is 20.8. The molecule has 0 bridgehead atoms. The molecule has 5 nitrogen and oxygen atoms in total. The van der Waals surface area contributed by atoms with Crippen LogP contribution in [0.3, 0.4) is 0 Å². The molecule has 1 atom stereocenters. The quantitative estimate of drug-likeness (QED) is 0.438. The molecule has 184 valence electrons. The molecule has 1 fully saturated rings. The molecule has 0 aromatic heterocycles. The number of ether oxygens (including phenoxy) is 1. The summed E-state index contributed by atoms with van der Waals surface area (Å²) in [5.41, 5.74) is 2.13. The number of hydrogen-bond donors (Lipinski definition) is 1. The minimum atomic E-state index is -0.543. The molecule has 0 aliphatic heterocycles. The first-order valence-corrected chi connectivity index (χ1v) is 12.7. The second-order valence-corrected chi connectivity index (χ2v) is 9.53. The normalized spacial score (nSPS) is 14.9. The van der Waals surface area contributed by atoms with Gasteiger partial charge in [0.15, 0.2) is 0 Å². The maximum Gasteiger partial charge on any atom is 0.242 e. The molecule has 1 unspecified atom stereocenters. The van der Waals surface area contributed by atoms with E-state index in [9.17, 15) is 9.59 Å². The zero-order valence-electron chi connectivity index (χ0n) is 20.8. The van der Waals surface area contributed by atoms with Crippen LogP contribution in [0.15, 0.2) is 66.7 Å². The number of carbonyl (C=O) groups is 2. The summed E-state index contributed by atoms with van der Waals surface area (Å²) in [5.74, 6) is 0.689. The zero-order chi connectivity index (χ0) is 24.6. The summed E-state index contributed by atoms with van der Waals surface area (Å²) in [6.07, 6.45) is 6.56. The molecule has 4 rings (SSSR count). The molecule has 2 amide bonds. The van der Waals surface area contributed by atoms with Crippen molar-refractivity contribution in [3.05, 3.63) is 77.9 Å². The van der Waals surface area contributed by atoms with Crippen LogP contribution in [0.1, 0.15) is 56.6 Å². The van der Waals surface area contributed by atoms with E-state index in [-0.39, 0.29) is 17.9 Å². The predicted octanol–water partition coefficient (Wildman–Crippen LogP) is 5.65. The molecule has 1 saturated carbocycles. The number of hydrogen-bond acceptors (Lipinski definition) is 3. The smallest absolute Gasteiger partial charge is 0.242 e. The summed E-state index contributed by atoms with van der Waals surface area (Å²) >= 11 is 0. The number of nitrogens with zero attached hydrogens (tertiary/aromatic N) is 1. The van der Waals surface area contributed by atoms with Crippen molar-refractivity contribution in [2.45, 2.75) is 70.5 Å². The Bertz CT molecular complexity index is 1130. The SMILES string of the molecule is COc1ccc(CN(C(=O)CCc2cccc3ccccc23)C(C)C(=O)NC2CCCCC2)cc1. The van der Waals surface area contributed by atoms with Gasteiger partial charge in [0.25, 0.3) is 0 Å². The number of nitrogens with one attached hydrogen (secondary N) is 1. The first-order valence-electron chi connectivity index (χ1n) is 12.7. The Balaban J connectivity index is 1.49. The van der Waals surface area contributed by atoms with Gasteiger partial charge < -0.3 is 15.0 Å². The number of rotatable bonds is 9. The Kier molecular flexibility index (Phi) is 8.40. The first kappa shape index (κ1) is 24.8. The molecule has 0 radical (unpaired) electrons. The number of benzene rings is 3. The highest BCUT2D eigenvalue weighted by atomic mass is 16.5. The van der Waals surface area contributed by atoms with Crippen molar-refractivity contribution >= 4 is 22.6 Å². The van der Waals surface area contributed by atoms with Crippen molar-refractivity contribution in [1.82, 2.24) is 10.2 Å². The van der Waals surface area contributed by atoms with Crippen molar-refractivity contribution in [2.24, 2.45) is 0 Å². The van der Waals surface area contributed by atoms with Crippen LogP contribution in [-0.2, 0) is 22.6 Å². The van der Waals surface area contributed by atoms with Crippen molar-refractivity contribution in [3.63, 3.8) is 0 Å². The van der Waals surface area contributed by atoms with Crippen LogP contribution in [0.25, 0.3) is 10.8 Å². The van der Waals surface area contributed by atoms with Crippen LogP contribution in [0.5, 0.6) is 5.75 Å². The van der Waals surface area contributed by atoms with Gasteiger partial charge in [-0.15, -0.1) is 0 Å². The van der Waals surface area contributed by atoms with Gasteiger partial charge >= 0.3 is 0 Å². The number of methoxy groups -OCH3 is 1. The topological polar surface area (TPSA) is 58.6 Å². The van der Waals surface area contributed by atoms with Gasteiger partial charge in [-0.2, -0.15) is 0 Å². The molecule has 5 heteroatoms. The van der Waals surface area contributed by atoms with Gasteiger partial charge in [-0.25, -0.2) is 0 Å². The van der Waals surface area contributed by atoms with E-state index in [1.165, 1.54) is 17.2 Å². The summed E-state index contributed by atoms with van der Waals surface area (Å²) in [4.78, 5) is 28.4. The molecule has 0 spiro atoms. The third-order valence-corrected chi connectivity index (χ3v) is 7.12. The van der Waals surface area contributed by atoms with Crippen LogP contribution < -0.4 is 10.1 Å². The van der Waals surface area contributed by atoms with Gasteiger partial charge in [0.2, 0.25) is 11.8 Å². The Labute approximate surface area is 208 Å². The lowest BCUT2D eigenvalue weighted by Crippen LogP contribution is -2.50. The molecule has 1 N–H and O–H groups in total. The van der Waals surface area contributed by atoms with Gasteiger partial charge in [-0.1, -0.05) is 73.9 Å². The van der Waals surface area contributed by atoms with Crippen molar-refractivity contribution < 1.29 is 14.3 Å². The van der Waals surface area contributed by atoms with Gasteiger partial charge in [0, 0.05) is 19.0 Å². The third kappa shape index (κ3) is 6.41. The van der Waals surface area contributed by atoms with Crippen molar-refractivity contribution in [2.75, 3.05) is 7.11 Å². The second kappa shape index (κ2) is 11.9. The number of aryl methyl sites for hydroxylation is 1. The van der Waals surface area contributed by atoms with Gasteiger partial charge in [-0.05, 0) is 60.2 Å². The summed E-state index contributed by atoms with van der Waals surface area (Å²) in [7, 11) is 1.63. The second-order valence-electron chi connectivity index (χ2n) is 9.53. The van der Waals surface area contributed by atoms with E-state index in [1.807, 2.05) is 49.4 Å². The standard InChI is InChI=1S/C30H36N2O3/c1-22(30(34)31-26-12-4-3-5-13-26)32(21-23-15-18-27(35-2)19-16-23)29(33)20-17-25-11-8-10-24-9-6-7-14-28(24)25/h6-11,14-16,18-19,22,26H,3-5,12-13,17,20-21H2,1-2H3,(H,31,34). The molecule has 0 heterocycles. The van der Waals surface area contributed by atoms with Crippen LogP contribution in [-0.4, -0.2) is 35.9 Å². The Hall–Kier alpha value is -3.34. The minimum absolute atomic E-state index is 0.0138. The summed E-state index contributed by atoms with van der Waals surface area (Å²) in [5, 5.41) is 5.55. The van der Waals surface area contributed by atoms with E-state index in [0.717, 1.165) is 42.6 Å². The molecule has 35 heavy (non-hydrogen) atoms. The van der Waals surface area contributed by atoms with E-state index in [0.29, 0.717) is 19.4 Å². The van der Waals surface area contributed by atoms with Crippen LogP contribution in [0.4, 0.5) is 0 Å². The molecular weight excluding hydrogens is 436 g/mol. The highest BCUT2D eigenvalue weighted by molar-refractivity contribution is 5.89. The summed E-state index contributed by atoms with van der Waals surface area (Å²) in [6.45, 7) is 2.23. The van der Waals surface area contributed by atoms with Gasteiger partial charge in [0.05, 0.1) is 7.11 Å². The fourth-order valence-electron chi connectivity index (χ4n) is 4.97. The van der Waals surface area contributed by atoms with Crippen molar-refractivity contribution in [1.29, 1.82) is 0 Å². The van der Waals surface area contributed by atoms with E-state index >= 15 is 0 Å². The van der Waals surface area contributed by atoms with E-state index in [2.05, 4.69) is 29.6 Å². The van der Waals surface area contributed by atoms with Gasteiger partial charge in [0.1, 0.15) is 11.8 Å². The van der Waals surface area contributed by atoms with Crippen LogP contribution >= 0.6 is 0 Å². The lowest BCUT2D eigenvalue weighted by Gasteiger charge is -2.31. The maximum absolute atomic E-state index is 13.5. The number of carbonyl (C=O) groups excluding carboxylic acids is 2. The van der Waals surface area contributed by atoms with Gasteiger partial charge in [-0.3, -0.25) is 9.59 Å². The Morgan fingerprint density at radius 1 is 0.971 bits per heavy atom. The average molecular weight is 473 g/mol. The lowest BCUT2D eigenvalue weighted by atomic mass is 9.95. The van der Waals surface area contributed by atoms with E-state index in [1.54, 1.807) is 12.0 Å². The van der Waals surface area contributed by atoms with Crippen molar-refractivity contribution in [3.8, 4) is 5.75 Å². The average Bonchev–Trinajstić information content (AvgIpc) is 2.90. The third-order valence-electron chi connectivity index (χ3n) is 7.12. The highest BCUT2D eigenvalue weighted by Gasteiger charge is 2.28. The molecule has 0 saturated heterocycles. The molecule has 3 aromatic carbocycles. The number of amides is 2. The van der Waals surface area contributed by atoms with Crippen LogP contribution in [0.2, 0.25) is 0 Å². The fourth-order valence-corrected chi connectivity index (χ4v) is 4.97. The summed E-state index contributed by atoms with van der Waals surface area (Å²) < 4.78 is 5.27. The largest absolute Gasteiger partial charge is 0.497 e. The lowest BCUT2D eigenvalue weighted by molar-refractivity contribution is -0.141. The van der Waals surface area contributed by atoms with E-state index < -0.39 is 6.04 Å². The Morgan fingerprint density at radius 3 is 2.43 bits per heavy atom. The molecule has 1 aliphatic carbocycles. The maximum atomic E-state index is 13.5. The summed E-state index contributed by atoms with van der Waals surface area (Å²) in [6, 6.07) is 21.8. The highest BCUT2D eigenvalue weighted by Crippen LogP contribution is 2.22. The van der Waals surface area contributed by atoms with Crippen LogP contribution in [0, 0.1) is 0 Å². The first-order chi connectivity index (χ1) is 17.0. The van der Waals surface area contributed by atoms with E-state index in [4.69, 9.17) is 4.74 Å². The molecular formula is C30H36N2O3. The predicted molar refractivity (Wildman–Crippen MR) is 140 cm³/mol. The monoisotopic (exact) mass is 472 g/mol. The minimum Gasteiger partial charge on any atom is -0.497 e. The fraction of sp³-hybridized carbons (Fsp3) is 0.400.